The molecule has 5 rings (SSSR count). The van der Waals surface area contributed by atoms with Gasteiger partial charge in [0.15, 0.2) is 11.3 Å². The molecule has 1 N–H and O–H groups in total. The molecule has 10 nitrogen and oxygen atoms in total. The fraction of sp³-hybridized carbons (Fsp3) is 0.379. The van der Waals surface area contributed by atoms with Crippen LogP contribution in [0, 0.1) is 6.92 Å². The third kappa shape index (κ3) is 5.25. The minimum Gasteiger partial charge on any atom is -0.497 e. The fourth-order valence-electron chi connectivity index (χ4n) is 5.55. The van der Waals surface area contributed by atoms with E-state index >= 15 is 0 Å². The van der Waals surface area contributed by atoms with Crippen LogP contribution in [0.1, 0.15) is 40.1 Å². The van der Waals surface area contributed by atoms with E-state index in [1.807, 2.05) is 17.9 Å². The highest BCUT2D eigenvalue weighted by atomic mass is 19.4. The molecule has 0 radical (unpaired) electrons. The maximum Gasteiger partial charge on any atom is 0.433 e. The van der Waals surface area contributed by atoms with E-state index in [1.165, 1.54) is 21.1 Å². The van der Waals surface area contributed by atoms with Crippen molar-refractivity contribution in [2.75, 3.05) is 40.5 Å². The molecule has 1 aliphatic rings. The van der Waals surface area contributed by atoms with Gasteiger partial charge in [-0.3, -0.25) is 9.69 Å². The van der Waals surface area contributed by atoms with Gasteiger partial charge in [0.25, 0.3) is 5.91 Å². The molecule has 0 aliphatic carbocycles. The number of fused-ring (bicyclic) bond motifs is 1. The predicted octanol–water partition coefficient (Wildman–Crippen LogP) is 4.02. The molecule has 1 fully saturated rings. The smallest absolute Gasteiger partial charge is 0.433 e. The number of nitrogens with zero attached hydrogens (tertiary/aromatic N) is 6. The number of hydrogen-bond donors (Lipinski definition) is 1. The molecule has 0 unspecified atom stereocenters. The van der Waals surface area contributed by atoms with Gasteiger partial charge in [0.1, 0.15) is 11.3 Å². The zero-order valence-electron chi connectivity index (χ0n) is 23.6. The lowest BCUT2D eigenvalue weighted by Crippen LogP contribution is -2.55. The van der Waals surface area contributed by atoms with Crippen LogP contribution in [0.5, 0.6) is 11.6 Å². The zero-order valence-corrected chi connectivity index (χ0v) is 23.6. The van der Waals surface area contributed by atoms with Crippen molar-refractivity contribution in [3.05, 3.63) is 71.2 Å². The first-order chi connectivity index (χ1) is 20.1. The van der Waals surface area contributed by atoms with Crippen LogP contribution in [0.2, 0.25) is 0 Å². The molecule has 0 bridgehead atoms. The summed E-state index contributed by atoms with van der Waals surface area (Å²) in [4.78, 5) is 26.2. The summed E-state index contributed by atoms with van der Waals surface area (Å²) >= 11 is 0. The number of carbonyl (C=O) groups is 1. The Bertz CT molecular complexity index is 1590. The van der Waals surface area contributed by atoms with Crippen LogP contribution in [0.3, 0.4) is 0 Å². The SMILES string of the molecule is COc1ccc(-c2nc3c(C(=O)N4CCN([C@H](CO)c5cccnc5OC)C[C@H]4C)cnn3c(C(F)(F)F)c2C)cc1. The lowest BCUT2D eigenvalue weighted by Gasteiger charge is -2.43. The molecule has 0 saturated carbocycles. The third-order valence-corrected chi connectivity index (χ3v) is 7.63. The summed E-state index contributed by atoms with van der Waals surface area (Å²) < 4.78 is 54.2. The van der Waals surface area contributed by atoms with Gasteiger partial charge in [-0.2, -0.15) is 18.3 Å². The van der Waals surface area contributed by atoms with Crippen molar-refractivity contribution in [2.45, 2.75) is 32.1 Å². The Balaban J connectivity index is 1.48. The molecule has 1 aliphatic heterocycles. The number of aromatic nitrogens is 4. The van der Waals surface area contributed by atoms with E-state index in [4.69, 9.17) is 9.47 Å². The first-order valence-electron chi connectivity index (χ1n) is 13.3. The zero-order chi connectivity index (χ0) is 30.2. The lowest BCUT2D eigenvalue weighted by atomic mass is 10.0. The van der Waals surface area contributed by atoms with E-state index in [1.54, 1.807) is 41.4 Å². The maximum atomic E-state index is 14.3. The van der Waals surface area contributed by atoms with Crippen LogP contribution in [0.15, 0.2) is 48.8 Å². The van der Waals surface area contributed by atoms with E-state index in [-0.39, 0.29) is 41.7 Å². The van der Waals surface area contributed by atoms with Crippen molar-refractivity contribution in [1.29, 1.82) is 0 Å². The summed E-state index contributed by atoms with van der Waals surface area (Å²) in [5, 5.41) is 14.2. The van der Waals surface area contributed by atoms with E-state index in [9.17, 15) is 23.1 Å². The van der Waals surface area contributed by atoms with Crippen molar-refractivity contribution >= 4 is 11.6 Å². The Morgan fingerprint density at radius 3 is 2.50 bits per heavy atom. The Kier molecular flexibility index (Phi) is 8.06. The van der Waals surface area contributed by atoms with Gasteiger partial charge in [-0.1, -0.05) is 6.07 Å². The van der Waals surface area contributed by atoms with Crippen molar-refractivity contribution in [3.63, 3.8) is 0 Å². The Morgan fingerprint density at radius 2 is 1.88 bits per heavy atom. The number of aliphatic hydroxyl groups is 1. The number of halogens is 3. The summed E-state index contributed by atoms with van der Waals surface area (Å²) in [6.45, 7) is 4.11. The average Bonchev–Trinajstić information content (AvgIpc) is 3.39. The first kappa shape index (κ1) is 29.3. The molecule has 4 heterocycles. The number of benzene rings is 1. The Morgan fingerprint density at radius 1 is 1.14 bits per heavy atom. The number of pyridine rings is 1. The average molecular weight is 585 g/mol. The van der Waals surface area contributed by atoms with Gasteiger partial charge in [-0.25, -0.2) is 14.5 Å². The van der Waals surface area contributed by atoms with E-state index in [0.29, 0.717) is 34.8 Å². The number of methoxy groups -OCH3 is 2. The molecule has 0 spiro atoms. The topological polar surface area (TPSA) is 105 Å². The van der Waals surface area contributed by atoms with Gasteiger partial charge in [-0.15, -0.1) is 0 Å². The minimum absolute atomic E-state index is 0.0248. The molecular weight excluding hydrogens is 553 g/mol. The number of amides is 1. The molecule has 3 aromatic heterocycles. The van der Waals surface area contributed by atoms with E-state index in [2.05, 4.69) is 15.1 Å². The van der Waals surface area contributed by atoms with Gasteiger partial charge in [0, 0.05) is 48.6 Å². The second-order valence-electron chi connectivity index (χ2n) is 10.1. The molecule has 1 amide bonds. The van der Waals surface area contributed by atoms with Crippen LogP contribution in [-0.4, -0.2) is 86.9 Å². The van der Waals surface area contributed by atoms with Gasteiger partial charge < -0.3 is 19.5 Å². The number of hydrogen-bond acceptors (Lipinski definition) is 8. The minimum atomic E-state index is -4.75. The second kappa shape index (κ2) is 11.6. The normalized spacial score (nSPS) is 17.0. The van der Waals surface area contributed by atoms with Gasteiger partial charge >= 0.3 is 6.18 Å². The number of alkyl halides is 3. The Labute approximate surface area is 240 Å². The first-order valence-corrected chi connectivity index (χ1v) is 13.3. The lowest BCUT2D eigenvalue weighted by molar-refractivity contribution is -0.143. The summed E-state index contributed by atoms with van der Waals surface area (Å²) in [6.07, 6.45) is -2.00. The molecular formula is C29H31F3N6O4. The number of aliphatic hydroxyl groups excluding tert-OH is 1. The van der Waals surface area contributed by atoms with Crippen LogP contribution >= 0.6 is 0 Å². The number of carbonyl (C=O) groups excluding carboxylic acids is 1. The molecule has 222 valence electrons. The standard InChI is InChI=1S/C29H31F3N6O4/c1-17-15-36(23(16-39)21-6-5-11-33-27(21)42-4)12-13-37(17)28(40)22-14-34-38-25(29(30,31)32)18(2)24(35-26(22)38)19-7-9-20(41-3)10-8-19/h5-11,14,17,23,39H,12-13,15-16H2,1-4H3/t17-,23-/m1/s1. The molecule has 2 atom stereocenters. The second-order valence-corrected chi connectivity index (χ2v) is 10.1. The highest BCUT2D eigenvalue weighted by molar-refractivity contribution is 6.00. The quantitative estimate of drug-likeness (QED) is 0.348. The Hall–Kier alpha value is -4.23. The largest absolute Gasteiger partial charge is 0.497 e. The van der Waals surface area contributed by atoms with Crippen LogP contribution < -0.4 is 9.47 Å². The summed E-state index contributed by atoms with van der Waals surface area (Å²) in [5.74, 6) is 0.484. The van der Waals surface area contributed by atoms with Crippen LogP contribution in [-0.2, 0) is 6.18 Å². The monoisotopic (exact) mass is 584 g/mol. The van der Waals surface area contributed by atoms with Gasteiger partial charge in [0.05, 0.1) is 38.8 Å². The number of rotatable bonds is 7. The number of piperazine rings is 1. The van der Waals surface area contributed by atoms with Crippen molar-refractivity contribution < 1.29 is 32.5 Å². The summed E-state index contributed by atoms with van der Waals surface area (Å²) in [6, 6.07) is 9.38. The number of ether oxygens (including phenoxy) is 2. The highest BCUT2D eigenvalue weighted by Gasteiger charge is 2.40. The third-order valence-electron chi connectivity index (χ3n) is 7.63. The molecule has 42 heavy (non-hydrogen) atoms. The molecule has 13 heteroatoms. The van der Waals surface area contributed by atoms with Crippen molar-refractivity contribution in [3.8, 4) is 22.9 Å². The van der Waals surface area contributed by atoms with Crippen LogP contribution in [0.25, 0.3) is 16.9 Å². The molecule has 1 aromatic carbocycles. The van der Waals surface area contributed by atoms with Gasteiger partial charge in [-0.05, 0) is 44.2 Å². The fourth-order valence-corrected chi connectivity index (χ4v) is 5.55. The summed E-state index contributed by atoms with van der Waals surface area (Å²) in [7, 11) is 3.01. The summed E-state index contributed by atoms with van der Waals surface area (Å²) in [5.41, 5.74) is -0.0289. The van der Waals surface area contributed by atoms with E-state index < -0.39 is 23.8 Å². The predicted molar refractivity (Wildman–Crippen MR) is 147 cm³/mol. The van der Waals surface area contributed by atoms with Crippen molar-refractivity contribution in [2.24, 2.45) is 0 Å². The van der Waals surface area contributed by atoms with Crippen molar-refractivity contribution in [1.82, 2.24) is 29.4 Å². The molecule has 4 aromatic rings. The highest BCUT2D eigenvalue weighted by Crippen LogP contribution is 2.37. The maximum absolute atomic E-state index is 14.3. The van der Waals surface area contributed by atoms with Crippen LogP contribution in [0.4, 0.5) is 13.2 Å². The molecule has 1 saturated heterocycles. The van der Waals surface area contributed by atoms with Gasteiger partial charge in [0.2, 0.25) is 5.88 Å². The van der Waals surface area contributed by atoms with E-state index in [0.717, 1.165) is 11.8 Å².